The zero-order valence-corrected chi connectivity index (χ0v) is 17.5. The summed E-state index contributed by atoms with van der Waals surface area (Å²) in [5.41, 5.74) is 4.48. The highest BCUT2D eigenvalue weighted by atomic mass is 16.5. The first-order valence-electron chi connectivity index (χ1n) is 9.63. The van der Waals surface area contributed by atoms with Gasteiger partial charge in [0, 0.05) is 0 Å². The second kappa shape index (κ2) is 10.5. The summed E-state index contributed by atoms with van der Waals surface area (Å²) in [6.45, 7) is 1.83. The van der Waals surface area contributed by atoms with E-state index in [2.05, 4.69) is 15.8 Å². The van der Waals surface area contributed by atoms with Gasteiger partial charge in [0.05, 0.1) is 24.6 Å². The Morgan fingerprint density at radius 3 is 2.28 bits per heavy atom. The molecule has 3 aromatic rings. The van der Waals surface area contributed by atoms with Crippen LogP contribution in [0.2, 0.25) is 0 Å². The molecule has 0 atom stereocenters. The summed E-state index contributed by atoms with van der Waals surface area (Å²) >= 11 is 0. The fourth-order valence-electron chi connectivity index (χ4n) is 2.73. The molecule has 3 rings (SSSR count). The number of anilines is 1. The van der Waals surface area contributed by atoms with Crippen LogP contribution in [0.3, 0.4) is 0 Å². The summed E-state index contributed by atoms with van der Waals surface area (Å²) in [5.74, 6) is -1.46. The van der Waals surface area contributed by atoms with Gasteiger partial charge in [0.1, 0.15) is 11.5 Å². The third-order valence-electron chi connectivity index (χ3n) is 4.40. The molecular weight excluding hydrogens is 410 g/mol. The first-order valence-corrected chi connectivity index (χ1v) is 9.63. The van der Waals surface area contributed by atoms with Crippen LogP contribution in [0.15, 0.2) is 77.9 Å². The Morgan fingerprint density at radius 1 is 0.875 bits per heavy atom. The number of aryl methyl sites for hydroxylation is 1. The van der Waals surface area contributed by atoms with Gasteiger partial charge in [-0.15, -0.1) is 0 Å². The molecule has 0 aliphatic rings. The zero-order valence-electron chi connectivity index (χ0n) is 17.5. The smallest absolute Gasteiger partial charge is 0.343 e. The van der Waals surface area contributed by atoms with E-state index in [0.29, 0.717) is 28.3 Å². The predicted molar refractivity (Wildman–Crippen MR) is 120 cm³/mol. The Bertz CT molecular complexity index is 1160. The summed E-state index contributed by atoms with van der Waals surface area (Å²) in [4.78, 5) is 36.2. The van der Waals surface area contributed by atoms with Crippen LogP contribution in [0, 0.1) is 6.92 Å². The molecule has 162 valence electrons. The number of para-hydroxylation sites is 2. The molecule has 0 aliphatic heterocycles. The summed E-state index contributed by atoms with van der Waals surface area (Å²) in [6, 6.07) is 20.4. The van der Waals surface area contributed by atoms with E-state index in [1.807, 2.05) is 19.1 Å². The van der Waals surface area contributed by atoms with Crippen molar-refractivity contribution in [3.63, 3.8) is 0 Å². The normalized spacial score (nSPS) is 10.4. The van der Waals surface area contributed by atoms with Crippen LogP contribution in [0.4, 0.5) is 5.69 Å². The van der Waals surface area contributed by atoms with Crippen LogP contribution >= 0.6 is 0 Å². The number of hydrogen-bond acceptors (Lipinski definition) is 6. The standard InChI is InChI=1S/C24H21N3O5/c1-16-7-3-4-8-19(16)24(30)32-18-13-11-17(12-14-18)15-25-27-23(29)22(28)26-20-9-5-6-10-21(20)31-2/h3-15H,1-2H3,(H,26,28)(H,27,29). The molecule has 0 fully saturated rings. The number of carbonyl (C=O) groups is 3. The Kier molecular flexibility index (Phi) is 7.32. The molecule has 0 heterocycles. The number of hydrazone groups is 1. The van der Waals surface area contributed by atoms with Crippen molar-refractivity contribution < 1.29 is 23.9 Å². The topological polar surface area (TPSA) is 106 Å². The zero-order chi connectivity index (χ0) is 22.9. The van der Waals surface area contributed by atoms with E-state index in [4.69, 9.17) is 9.47 Å². The van der Waals surface area contributed by atoms with Crippen LogP contribution in [-0.2, 0) is 9.59 Å². The van der Waals surface area contributed by atoms with Crippen molar-refractivity contribution in [3.8, 4) is 11.5 Å². The van der Waals surface area contributed by atoms with E-state index in [-0.39, 0.29) is 0 Å². The highest BCUT2D eigenvalue weighted by Crippen LogP contribution is 2.22. The van der Waals surface area contributed by atoms with Gasteiger partial charge in [-0.1, -0.05) is 30.3 Å². The van der Waals surface area contributed by atoms with E-state index in [1.165, 1.54) is 13.3 Å². The number of benzene rings is 3. The molecule has 0 aliphatic carbocycles. The first-order chi connectivity index (χ1) is 15.5. The Morgan fingerprint density at radius 2 is 1.56 bits per heavy atom. The van der Waals surface area contributed by atoms with Gasteiger partial charge in [0.15, 0.2) is 0 Å². The third-order valence-corrected chi connectivity index (χ3v) is 4.40. The lowest BCUT2D eigenvalue weighted by Crippen LogP contribution is -2.32. The number of rotatable bonds is 6. The van der Waals surface area contributed by atoms with Crippen molar-refractivity contribution in [1.82, 2.24) is 5.43 Å². The second-order valence-corrected chi connectivity index (χ2v) is 6.63. The number of esters is 1. The number of methoxy groups -OCH3 is 1. The maximum atomic E-state index is 12.3. The highest BCUT2D eigenvalue weighted by molar-refractivity contribution is 6.39. The van der Waals surface area contributed by atoms with E-state index >= 15 is 0 Å². The average Bonchev–Trinajstić information content (AvgIpc) is 2.80. The molecule has 0 spiro atoms. The molecule has 2 N–H and O–H groups in total. The largest absolute Gasteiger partial charge is 0.495 e. The minimum absolute atomic E-state index is 0.370. The Balaban J connectivity index is 1.53. The van der Waals surface area contributed by atoms with Crippen LogP contribution < -0.4 is 20.2 Å². The quantitative estimate of drug-likeness (QED) is 0.205. The molecular formula is C24H21N3O5. The molecule has 0 bridgehead atoms. The predicted octanol–water partition coefficient (Wildman–Crippen LogP) is 3.31. The number of amides is 2. The highest BCUT2D eigenvalue weighted by Gasteiger charge is 2.15. The Labute approximate surface area is 184 Å². The van der Waals surface area contributed by atoms with Gasteiger partial charge in [-0.05, 0) is 60.5 Å². The van der Waals surface area contributed by atoms with E-state index in [0.717, 1.165) is 5.56 Å². The second-order valence-electron chi connectivity index (χ2n) is 6.63. The van der Waals surface area contributed by atoms with Crippen molar-refractivity contribution in [1.29, 1.82) is 0 Å². The lowest BCUT2D eigenvalue weighted by atomic mass is 10.1. The van der Waals surface area contributed by atoms with E-state index in [1.54, 1.807) is 60.7 Å². The summed E-state index contributed by atoms with van der Waals surface area (Å²) < 4.78 is 10.5. The maximum Gasteiger partial charge on any atom is 0.343 e. The van der Waals surface area contributed by atoms with E-state index < -0.39 is 17.8 Å². The molecule has 0 unspecified atom stereocenters. The molecule has 32 heavy (non-hydrogen) atoms. The van der Waals surface area contributed by atoms with Crippen LogP contribution in [0.25, 0.3) is 0 Å². The molecule has 0 aromatic heterocycles. The number of hydrogen-bond donors (Lipinski definition) is 2. The monoisotopic (exact) mass is 431 g/mol. The molecule has 0 saturated carbocycles. The van der Waals surface area contributed by atoms with Crippen LogP contribution in [0.5, 0.6) is 11.5 Å². The van der Waals surface area contributed by atoms with Gasteiger partial charge in [-0.3, -0.25) is 9.59 Å². The van der Waals surface area contributed by atoms with Crippen molar-refractivity contribution in [2.45, 2.75) is 6.92 Å². The molecule has 2 amide bonds. The number of nitrogens with zero attached hydrogens (tertiary/aromatic N) is 1. The minimum atomic E-state index is -0.934. The molecule has 8 heteroatoms. The molecule has 0 radical (unpaired) electrons. The number of nitrogens with one attached hydrogen (secondary N) is 2. The van der Waals surface area contributed by atoms with Crippen molar-refractivity contribution in [2.24, 2.45) is 5.10 Å². The fourth-order valence-corrected chi connectivity index (χ4v) is 2.73. The van der Waals surface area contributed by atoms with Gasteiger partial charge >= 0.3 is 17.8 Å². The lowest BCUT2D eigenvalue weighted by Gasteiger charge is -2.08. The van der Waals surface area contributed by atoms with Gasteiger partial charge in [0.2, 0.25) is 0 Å². The molecule has 8 nitrogen and oxygen atoms in total. The van der Waals surface area contributed by atoms with Gasteiger partial charge in [0.25, 0.3) is 0 Å². The van der Waals surface area contributed by atoms with Gasteiger partial charge in [-0.25, -0.2) is 10.2 Å². The van der Waals surface area contributed by atoms with Gasteiger partial charge < -0.3 is 14.8 Å². The first kappa shape index (κ1) is 22.2. The third kappa shape index (κ3) is 5.79. The SMILES string of the molecule is COc1ccccc1NC(=O)C(=O)NN=Cc1ccc(OC(=O)c2ccccc2C)cc1. The van der Waals surface area contributed by atoms with E-state index in [9.17, 15) is 14.4 Å². The van der Waals surface area contributed by atoms with Crippen molar-refractivity contribution in [3.05, 3.63) is 89.5 Å². The summed E-state index contributed by atoms with van der Waals surface area (Å²) in [7, 11) is 1.46. The molecule has 0 saturated heterocycles. The number of ether oxygens (including phenoxy) is 2. The van der Waals surface area contributed by atoms with Crippen molar-refractivity contribution in [2.75, 3.05) is 12.4 Å². The van der Waals surface area contributed by atoms with Crippen molar-refractivity contribution >= 4 is 29.7 Å². The fraction of sp³-hybridized carbons (Fsp3) is 0.0833. The van der Waals surface area contributed by atoms with Crippen LogP contribution in [-0.4, -0.2) is 31.1 Å². The maximum absolute atomic E-state index is 12.3. The van der Waals surface area contributed by atoms with Crippen LogP contribution in [0.1, 0.15) is 21.5 Å². The lowest BCUT2D eigenvalue weighted by molar-refractivity contribution is -0.136. The Hall–Kier alpha value is -4.46. The summed E-state index contributed by atoms with van der Waals surface area (Å²) in [6.07, 6.45) is 1.36. The molecule has 3 aromatic carbocycles. The number of carbonyl (C=O) groups excluding carboxylic acids is 3. The average molecular weight is 431 g/mol. The van der Waals surface area contributed by atoms with Gasteiger partial charge in [-0.2, -0.15) is 5.10 Å². The summed E-state index contributed by atoms with van der Waals surface area (Å²) in [5, 5.41) is 6.23. The minimum Gasteiger partial charge on any atom is -0.495 e.